The van der Waals surface area contributed by atoms with Crippen molar-refractivity contribution >= 4 is 5.91 Å². The SMILES string of the molecule is O=C1c2c(cccc2OC2CCCCC2O)CN1CC1CCNCC1. The fraction of sp³-hybridized carbons (Fsp3) is 0.650. The number of aliphatic hydroxyl groups excluding tert-OH is 1. The Labute approximate surface area is 149 Å². The quantitative estimate of drug-likeness (QED) is 0.880. The average molecular weight is 344 g/mol. The van der Waals surface area contributed by atoms with Crippen LogP contribution in [0.1, 0.15) is 54.4 Å². The van der Waals surface area contributed by atoms with Gasteiger partial charge >= 0.3 is 0 Å². The van der Waals surface area contributed by atoms with E-state index in [1.165, 1.54) is 0 Å². The summed E-state index contributed by atoms with van der Waals surface area (Å²) in [5, 5.41) is 13.6. The van der Waals surface area contributed by atoms with Crippen LogP contribution in [0.25, 0.3) is 0 Å². The minimum atomic E-state index is -0.424. The number of carbonyl (C=O) groups excluding carboxylic acids is 1. The third-order valence-corrected chi connectivity index (χ3v) is 5.86. The summed E-state index contributed by atoms with van der Waals surface area (Å²) in [6.07, 6.45) is 5.44. The lowest BCUT2D eigenvalue weighted by Crippen LogP contribution is -2.37. The number of hydrogen-bond donors (Lipinski definition) is 2. The molecule has 1 saturated heterocycles. The summed E-state index contributed by atoms with van der Waals surface area (Å²) < 4.78 is 6.11. The van der Waals surface area contributed by atoms with Gasteiger partial charge in [0.25, 0.3) is 5.91 Å². The van der Waals surface area contributed by atoms with Crippen molar-refractivity contribution in [1.82, 2.24) is 10.2 Å². The van der Waals surface area contributed by atoms with Gasteiger partial charge in [-0.15, -0.1) is 0 Å². The molecule has 3 aliphatic rings. The topological polar surface area (TPSA) is 61.8 Å². The number of nitrogens with one attached hydrogen (secondary N) is 1. The molecule has 136 valence electrons. The number of piperidine rings is 1. The third-order valence-electron chi connectivity index (χ3n) is 5.86. The van der Waals surface area contributed by atoms with Crippen LogP contribution in [-0.4, -0.2) is 47.8 Å². The van der Waals surface area contributed by atoms with Crippen molar-refractivity contribution in [2.45, 2.75) is 57.3 Å². The second kappa shape index (κ2) is 7.34. The monoisotopic (exact) mass is 344 g/mol. The molecule has 2 aliphatic heterocycles. The highest BCUT2D eigenvalue weighted by Crippen LogP contribution is 2.34. The van der Waals surface area contributed by atoms with E-state index >= 15 is 0 Å². The molecule has 5 nitrogen and oxygen atoms in total. The second-order valence-corrected chi connectivity index (χ2v) is 7.68. The Kier molecular flexibility index (Phi) is 4.95. The molecule has 1 saturated carbocycles. The van der Waals surface area contributed by atoms with Crippen LogP contribution in [0.2, 0.25) is 0 Å². The number of fused-ring (bicyclic) bond motifs is 1. The largest absolute Gasteiger partial charge is 0.487 e. The number of ether oxygens (including phenoxy) is 1. The van der Waals surface area contributed by atoms with Gasteiger partial charge in [0.05, 0.1) is 11.7 Å². The van der Waals surface area contributed by atoms with E-state index in [-0.39, 0.29) is 12.0 Å². The molecule has 2 fully saturated rings. The summed E-state index contributed by atoms with van der Waals surface area (Å²) in [6.45, 7) is 3.62. The zero-order valence-electron chi connectivity index (χ0n) is 14.7. The average Bonchev–Trinajstić information content (AvgIpc) is 2.95. The summed E-state index contributed by atoms with van der Waals surface area (Å²) >= 11 is 0. The fourth-order valence-corrected chi connectivity index (χ4v) is 4.39. The van der Waals surface area contributed by atoms with Crippen molar-refractivity contribution < 1.29 is 14.6 Å². The van der Waals surface area contributed by atoms with Crippen molar-refractivity contribution in [3.63, 3.8) is 0 Å². The minimum absolute atomic E-state index is 0.0921. The van der Waals surface area contributed by atoms with Crippen LogP contribution in [0, 0.1) is 5.92 Å². The van der Waals surface area contributed by atoms with Crippen LogP contribution in [0.4, 0.5) is 0 Å². The summed E-state index contributed by atoms with van der Waals surface area (Å²) in [5.41, 5.74) is 1.77. The van der Waals surface area contributed by atoms with Crippen LogP contribution in [-0.2, 0) is 6.54 Å². The van der Waals surface area contributed by atoms with Crippen LogP contribution in [0.5, 0.6) is 5.75 Å². The van der Waals surface area contributed by atoms with E-state index in [0.717, 1.165) is 63.7 Å². The smallest absolute Gasteiger partial charge is 0.258 e. The molecule has 1 aromatic carbocycles. The Morgan fingerprint density at radius 2 is 1.96 bits per heavy atom. The standard InChI is InChI=1S/C20H28N2O3/c23-16-5-1-2-6-17(16)25-18-7-3-4-15-13-22(20(24)19(15)18)12-14-8-10-21-11-9-14/h3-4,7,14,16-17,21,23H,1-2,5-6,8-13H2. The highest BCUT2D eigenvalue weighted by Gasteiger charge is 2.34. The molecular formula is C20H28N2O3. The van der Waals surface area contributed by atoms with E-state index < -0.39 is 6.10 Å². The number of amides is 1. The molecular weight excluding hydrogens is 316 g/mol. The summed E-state index contributed by atoms with van der Waals surface area (Å²) in [7, 11) is 0. The normalized spacial score (nSPS) is 27.4. The fourth-order valence-electron chi connectivity index (χ4n) is 4.39. The number of carbonyl (C=O) groups is 1. The van der Waals surface area contributed by atoms with Gasteiger partial charge in [0.15, 0.2) is 0 Å². The van der Waals surface area contributed by atoms with Gasteiger partial charge in [0.2, 0.25) is 0 Å². The van der Waals surface area contributed by atoms with Crippen molar-refractivity contribution in [2.24, 2.45) is 5.92 Å². The van der Waals surface area contributed by atoms with Gasteiger partial charge < -0.3 is 20.1 Å². The maximum Gasteiger partial charge on any atom is 0.258 e. The van der Waals surface area contributed by atoms with Crippen molar-refractivity contribution in [1.29, 1.82) is 0 Å². The first-order valence-corrected chi connectivity index (χ1v) is 9.69. The first-order chi connectivity index (χ1) is 12.2. The molecule has 2 heterocycles. The lowest BCUT2D eigenvalue weighted by Gasteiger charge is -2.29. The van der Waals surface area contributed by atoms with Crippen LogP contribution in [0.15, 0.2) is 18.2 Å². The predicted molar refractivity (Wildman–Crippen MR) is 95.7 cm³/mol. The lowest BCUT2D eigenvalue weighted by molar-refractivity contribution is 0.00635. The Hall–Kier alpha value is -1.59. The number of aliphatic hydroxyl groups is 1. The molecule has 2 N–H and O–H groups in total. The zero-order chi connectivity index (χ0) is 17.2. The van der Waals surface area contributed by atoms with E-state index in [9.17, 15) is 9.90 Å². The van der Waals surface area contributed by atoms with Crippen LogP contribution in [0.3, 0.4) is 0 Å². The zero-order valence-corrected chi connectivity index (χ0v) is 14.7. The van der Waals surface area contributed by atoms with Gasteiger partial charge in [0, 0.05) is 13.1 Å². The predicted octanol–water partition coefficient (Wildman–Crippen LogP) is 2.32. The maximum atomic E-state index is 13.0. The van der Waals surface area contributed by atoms with Gasteiger partial charge in [0.1, 0.15) is 11.9 Å². The van der Waals surface area contributed by atoms with E-state index in [1.54, 1.807) is 0 Å². The molecule has 1 aliphatic carbocycles. The number of nitrogens with zero attached hydrogens (tertiary/aromatic N) is 1. The van der Waals surface area contributed by atoms with Gasteiger partial charge in [-0.1, -0.05) is 18.6 Å². The van der Waals surface area contributed by atoms with Crippen LogP contribution >= 0.6 is 0 Å². The van der Waals surface area contributed by atoms with Crippen molar-refractivity contribution in [3.8, 4) is 5.75 Å². The Bertz CT molecular complexity index is 627. The van der Waals surface area contributed by atoms with Gasteiger partial charge in [-0.25, -0.2) is 0 Å². The maximum absolute atomic E-state index is 13.0. The Morgan fingerprint density at radius 1 is 1.16 bits per heavy atom. The Morgan fingerprint density at radius 3 is 2.76 bits per heavy atom. The summed E-state index contributed by atoms with van der Waals surface area (Å²) in [5.74, 6) is 1.33. The lowest BCUT2D eigenvalue weighted by atomic mass is 9.94. The van der Waals surface area contributed by atoms with E-state index in [0.29, 0.717) is 23.8 Å². The number of rotatable bonds is 4. The molecule has 4 rings (SSSR count). The first kappa shape index (κ1) is 16.9. The third kappa shape index (κ3) is 3.53. The summed E-state index contributed by atoms with van der Waals surface area (Å²) in [4.78, 5) is 15.0. The molecule has 0 radical (unpaired) electrons. The highest BCUT2D eigenvalue weighted by atomic mass is 16.5. The van der Waals surface area contributed by atoms with Crippen molar-refractivity contribution in [3.05, 3.63) is 29.3 Å². The molecule has 0 bridgehead atoms. The first-order valence-electron chi connectivity index (χ1n) is 9.69. The molecule has 0 spiro atoms. The number of hydrogen-bond acceptors (Lipinski definition) is 4. The Balaban J connectivity index is 1.48. The number of benzene rings is 1. The molecule has 2 atom stereocenters. The highest BCUT2D eigenvalue weighted by molar-refractivity contribution is 6.01. The minimum Gasteiger partial charge on any atom is -0.487 e. The van der Waals surface area contributed by atoms with E-state index in [4.69, 9.17) is 4.74 Å². The second-order valence-electron chi connectivity index (χ2n) is 7.68. The van der Waals surface area contributed by atoms with Gasteiger partial charge in [-0.05, 0) is 62.7 Å². The van der Waals surface area contributed by atoms with E-state index in [2.05, 4.69) is 5.32 Å². The molecule has 1 aromatic rings. The van der Waals surface area contributed by atoms with E-state index in [1.807, 2.05) is 23.1 Å². The summed E-state index contributed by atoms with van der Waals surface area (Å²) in [6, 6.07) is 5.87. The molecule has 1 amide bonds. The van der Waals surface area contributed by atoms with Crippen molar-refractivity contribution in [2.75, 3.05) is 19.6 Å². The molecule has 2 unspecified atom stereocenters. The molecule has 0 aromatic heterocycles. The van der Waals surface area contributed by atoms with Gasteiger partial charge in [-0.2, -0.15) is 0 Å². The molecule has 5 heteroatoms. The van der Waals surface area contributed by atoms with Crippen LogP contribution < -0.4 is 10.1 Å². The molecule has 25 heavy (non-hydrogen) atoms. The van der Waals surface area contributed by atoms with Gasteiger partial charge in [-0.3, -0.25) is 4.79 Å².